The van der Waals surface area contributed by atoms with Crippen LogP contribution in [-0.2, 0) is 45.1 Å². The van der Waals surface area contributed by atoms with Crippen LogP contribution in [-0.4, -0.2) is 61.0 Å². The Labute approximate surface area is 264 Å². The van der Waals surface area contributed by atoms with E-state index >= 15 is 0 Å². The lowest BCUT2D eigenvalue weighted by atomic mass is 10.0. The maximum absolute atomic E-state index is 13.6. The van der Waals surface area contributed by atoms with Crippen molar-refractivity contribution in [2.24, 2.45) is 5.73 Å². The highest BCUT2D eigenvalue weighted by Crippen LogP contribution is 2.13. The number of hydrogen-bond acceptors (Lipinski definition) is 9. The zero-order chi connectivity index (χ0) is 32.3. The van der Waals surface area contributed by atoms with Gasteiger partial charge in [0.2, 0.25) is 11.8 Å². The third-order valence-electron chi connectivity index (χ3n) is 7.09. The first-order valence-corrected chi connectivity index (χ1v) is 14.6. The third-order valence-corrected chi connectivity index (χ3v) is 7.09. The molecular weight excluding hydrogens is 588 g/mol. The number of hydrogen-bond donors (Lipinski definition) is 3. The monoisotopic (exact) mass is 620 g/mol. The van der Waals surface area contributed by atoms with Gasteiger partial charge in [-0.05, 0) is 40.1 Å². The van der Waals surface area contributed by atoms with Gasteiger partial charge < -0.3 is 21.1 Å². The molecule has 0 saturated heterocycles. The molecular formula is C33H32N8O5. The summed E-state index contributed by atoms with van der Waals surface area (Å²) >= 11 is 0. The van der Waals surface area contributed by atoms with Gasteiger partial charge in [0.25, 0.3) is 5.91 Å². The number of amides is 3. The molecule has 4 N–H and O–H groups in total. The van der Waals surface area contributed by atoms with Gasteiger partial charge in [-0.2, -0.15) is 0 Å². The molecule has 3 amide bonds. The summed E-state index contributed by atoms with van der Waals surface area (Å²) in [6.07, 6.45) is 0.0542. The topological polar surface area (TPSA) is 184 Å². The Bertz CT molecular complexity index is 1810. The second kappa shape index (κ2) is 15.1. The summed E-state index contributed by atoms with van der Waals surface area (Å²) in [5.74, 6) is -2.24. The van der Waals surface area contributed by atoms with Gasteiger partial charge >= 0.3 is 5.97 Å². The SMILES string of the molecule is NC(=O)C[C@H](NC(=O)c1ccc2ccccc2n1)C(=O)N[C@@H](Cc1ccccc1)Cc1nnnn1CC(=O)OCc1ccccc1. The van der Waals surface area contributed by atoms with Gasteiger partial charge in [0.15, 0.2) is 5.82 Å². The van der Waals surface area contributed by atoms with Crippen molar-refractivity contribution in [1.29, 1.82) is 0 Å². The summed E-state index contributed by atoms with van der Waals surface area (Å²) in [5.41, 5.74) is 7.89. The summed E-state index contributed by atoms with van der Waals surface area (Å²) in [6.45, 7) is -0.133. The van der Waals surface area contributed by atoms with Crippen molar-refractivity contribution in [2.45, 2.75) is 44.5 Å². The number of tetrazole rings is 1. The number of ether oxygens (including phenoxy) is 1. The minimum atomic E-state index is -1.28. The number of benzene rings is 3. The molecule has 2 aromatic heterocycles. The molecule has 0 radical (unpaired) electrons. The second-order valence-corrected chi connectivity index (χ2v) is 10.6. The van der Waals surface area contributed by atoms with Gasteiger partial charge in [0, 0.05) is 17.8 Å². The first-order chi connectivity index (χ1) is 22.3. The van der Waals surface area contributed by atoms with Crippen LogP contribution in [0.4, 0.5) is 0 Å². The van der Waals surface area contributed by atoms with Crippen LogP contribution in [0.1, 0.15) is 33.9 Å². The molecule has 0 unspecified atom stereocenters. The molecule has 5 rings (SSSR count). The number of primary amides is 1. The van der Waals surface area contributed by atoms with Crippen molar-refractivity contribution in [3.63, 3.8) is 0 Å². The van der Waals surface area contributed by atoms with E-state index in [2.05, 4.69) is 31.1 Å². The van der Waals surface area contributed by atoms with E-state index in [0.717, 1.165) is 16.5 Å². The zero-order valence-electron chi connectivity index (χ0n) is 24.8. The summed E-state index contributed by atoms with van der Waals surface area (Å²) in [7, 11) is 0. The van der Waals surface area contributed by atoms with E-state index in [1.807, 2.05) is 72.8 Å². The predicted octanol–water partition coefficient (Wildman–Crippen LogP) is 1.91. The average molecular weight is 621 g/mol. The van der Waals surface area contributed by atoms with Crippen molar-refractivity contribution in [3.8, 4) is 0 Å². The Kier molecular flexibility index (Phi) is 10.4. The van der Waals surface area contributed by atoms with Crippen molar-refractivity contribution < 1.29 is 23.9 Å². The number of rotatable bonds is 14. The smallest absolute Gasteiger partial charge is 0.328 e. The molecule has 5 aromatic rings. The number of esters is 1. The van der Waals surface area contributed by atoms with Crippen LogP contribution in [0.3, 0.4) is 0 Å². The number of para-hydroxylation sites is 1. The van der Waals surface area contributed by atoms with E-state index in [4.69, 9.17) is 10.5 Å². The van der Waals surface area contributed by atoms with E-state index in [1.54, 1.807) is 24.3 Å². The number of nitrogens with two attached hydrogens (primary N) is 1. The fourth-order valence-corrected chi connectivity index (χ4v) is 4.83. The molecule has 13 heteroatoms. The van der Waals surface area contributed by atoms with Gasteiger partial charge in [-0.15, -0.1) is 5.10 Å². The zero-order valence-corrected chi connectivity index (χ0v) is 24.8. The number of carbonyl (C=O) groups excluding carboxylic acids is 4. The Balaban J connectivity index is 1.29. The predicted molar refractivity (Wildman–Crippen MR) is 167 cm³/mol. The van der Waals surface area contributed by atoms with Crippen LogP contribution in [0.2, 0.25) is 0 Å². The van der Waals surface area contributed by atoms with E-state index < -0.39 is 42.2 Å². The lowest BCUT2D eigenvalue weighted by molar-refractivity contribution is -0.146. The number of pyridine rings is 1. The Morgan fingerprint density at radius 2 is 1.50 bits per heavy atom. The minimum Gasteiger partial charge on any atom is -0.459 e. The van der Waals surface area contributed by atoms with Gasteiger partial charge in [-0.1, -0.05) is 84.9 Å². The first kappa shape index (κ1) is 31.4. The molecule has 46 heavy (non-hydrogen) atoms. The minimum absolute atomic E-state index is 0.0835. The molecule has 0 saturated carbocycles. The summed E-state index contributed by atoms with van der Waals surface area (Å²) in [6, 6.07) is 27.4. The molecule has 0 aliphatic heterocycles. The fourth-order valence-electron chi connectivity index (χ4n) is 4.83. The van der Waals surface area contributed by atoms with Gasteiger partial charge in [-0.3, -0.25) is 19.2 Å². The maximum atomic E-state index is 13.6. The molecule has 2 heterocycles. The quantitative estimate of drug-likeness (QED) is 0.156. The van der Waals surface area contributed by atoms with E-state index in [0.29, 0.717) is 17.8 Å². The molecule has 0 spiro atoms. The fraction of sp³-hybridized carbons (Fsp3) is 0.212. The normalized spacial score (nSPS) is 12.2. The standard InChI is InChI=1S/C33H32N8O5/c34-29(42)19-28(37-32(44)27-16-15-24-13-7-8-14-26(24)36-27)33(45)35-25(17-22-9-3-1-4-10-22)18-30-38-39-40-41(30)20-31(43)46-21-23-11-5-2-6-12-23/h1-16,25,28H,17-21H2,(H2,34,42)(H,35,45)(H,37,44)/t25-,28-/m0/s1. The van der Waals surface area contributed by atoms with Crippen LogP contribution in [0.15, 0.2) is 97.1 Å². The summed E-state index contributed by atoms with van der Waals surface area (Å²) < 4.78 is 6.68. The highest BCUT2D eigenvalue weighted by Gasteiger charge is 2.27. The van der Waals surface area contributed by atoms with Crippen LogP contribution < -0.4 is 16.4 Å². The van der Waals surface area contributed by atoms with Crippen molar-refractivity contribution in [2.75, 3.05) is 0 Å². The molecule has 234 valence electrons. The largest absolute Gasteiger partial charge is 0.459 e. The van der Waals surface area contributed by atoms with Gasteiger partial charge in [0.05, 0.1) is 11.9 Å². The van der Waals surface area contributed by atoms with Crippen molar-refractivity contribution in [1.82, 2.24) is 35.8 Å². The first-order valence-electron chi connectivity index (χ1n) is 14.6. The van der Waals surface area contributed by atoms with Crippen molar-refractivity contribution >= 4 is 34.6 Å². The molecule has 13 nitrogen and oxygen atoms in total. The Morgan fingerprint density at radius 3 is 2.24 bits per heavy atom. The van der Waals surface area contributed by atoms with Crippen LogP contribution in [0.25, 0.3) is 10.9 Å². The van der Waals surface area contributed by atoms with E-state index in [1.165, 1.54) is 4.68 Å². The van der Waals surface area contributed by atoms with Crippen LogP contribution >= 0.6 is 0 Å². The van der Waals surface area contributed by atoms with Crippen LogP contribution in [0.5, 0.6) is 0 Å². The molecule has 0 fully saturated rings. The lowest BCUT2D eigenvalue weighted by Crippen LogP contribution is -2.52. The number of carbonyl (C=O) groups is 4. The Morgan fingerprint density at radius 1 is 0.804 bits per heavy atom. The Hall–Kier alpha value is -5.98. The third kappa shape index (κ3) is 8.78. The molecule has 2 atom stereocenters. The van der Waals surface area contributed by atoms with Gasteiger partial charge in [0.1, 0.15) is 24.9 Å². The number of aromatic nitrogens is 5. The summed E-state index contributed by atoms with van der Waals surface area (Å²) in [4.78, 5) is 55.6. The van der Waals surface area contributed by atoms with E-state index in [-0.39, 0.29) is 25.3 Å². The van der Waals surface area contributed by atoms with E-state index in [9.17, 15) is 19.2 Å². The summed E-state index contributed by atoms with van der Waals surface area (Å²) in [5, 5.41) is 18.1. The highest BCUT2D eigenvalue weighted by atomic mass is 16.5. The average Bonchev–Trinajstić information content (AvgIpc) is 3.49. The number of nitrogens with zero attached hydrogens (tertiary/aromatic N) is 5. The molecule has 0 bridgehead atoms. The van der Waals surface area contributed by atoms with Crippen LogP contribution in [0, 0.1) is 0 Å². The molecule has 3 aromatic carbocycles. The van der Waals surface area contributed by atoms with Crippen molar-refractivity contribution in [3.05, 3.63) is 120 Å². The maximum Gasteiger partial charge on any atom is 0.328 e. The number of nitrogens with one attached hydrogen (secondary N) is 2. The lowest BCUT2D eigenvalue weighted by Gasteiger charge is -2.23. The number of fused-ring (bicyclic) bond motifs is 1. The second-order valence-electron chi connectivity index (χ2n) is 10.6. The molecule has 0 aliphatic carbocycles. The highest BCUT2D eigenvalue weighted by molar-refractivity contribution is 5.99. The molecule has 0 aliphatic rings. The van der Waals surface area contributed by atoms with Gasteiger partial charge in [-0.25, -0.2) is 9.67 Å².